The molecule has 44 heavy (non-hydrogen) atoms. The molecule has 0 saturated heterocycles. The molecule has 1 aliphatic rings. The summed E-state index contributed by atoms with van der Waals surface area (Å²) in [6, 6.07) is 17.3. The zero-order valence-electron chi connectivity index (χ0n) is 26.1. The molecule has 0 saturated carbocycles. The number of amides is 1. The quantitative estimate of drug-likeness (QED) is 0.151. The molecule has 7 nitrogen and oxygen atoms in total. The minimum Gasteiger partial charge on any atom is -0.494 e. The monoisotopic (exact) mass is 611 g/mol. The van der Waals surface area contributed by atoms with Crippen molar-refractivity contribution < 1.29 is 19.1 Å². The van der Waals surface area contributed by atoms with Crippen molar-refractivity contribution in [1.82, 2.24) is 15.1 Å². The fraction of sp³-hybridized carbons (Fsp3) is 0.306. The zero-order chi connectivity index (χ0) is 31.5. The molecule has 1 heterocycles. The van der Waals surface area contributed by atoms with Crippen molar-refractivity contribution in [2.75, 3.05) is 13.7 Å². The summed E-state index contributed by atoms with van der Waals surface area (Å²) in [4.78, 5) is 25.8. The first-order valence-electron chi connectivity index (χ1n) is 14.8. The van der Waals surface area contributed by atoms with Crippen LogP contribution in [0.1, 0.15) is 62.4 Å². The van der Waals surface area contributed by atoms with Gasteiger partial charge in [-0.1, -0.05) is 41.9 Å². The Morgan fingerprint density at radius 1 is 1.00 bits per heavy atom. The molecule has 1 aliphatic carbocycles. The van der Waals surface area contributed by atoms with Crippen molar-refractivity contribution in [3.63, 3.8) is 0 Å². The number of halogens is 1. The average Bonchev–Trinajstić information content (AvgIpc) is 3.51. The van der Waals surface area contributed by atoms with Gasteiger partial charge < -0.3 is 14.8 Å². The maximum atomic E-state index is 13.8. The van der Waals surface area contributed by atoms with Gasteiger partial charge in [0.25, 0.3) is 0 Å². The van der Waals surface area contributed by atoms with Crippen LogP contribution in [0.4, 0.5) is 0 Å². The topological polar surface area (TPSA) is 82.4 Å². The molecule has 0 unspecified atom stereocenters. The van der Waals surface area contributed by atoms with Crippen molar-refractivity contribution in [1.29, 1.82) is 0 Å². The van der Waals surface area contributed by atoms with Crippen molar-refractivity contribution in [2.24, 2.45) is 7.05 Å². The minimum atomic E-state index is -0.408. The van der Waals surface area contributed by atoms with Gasteiger partial charge in [-0.3, -0.25) is 9.48 Å². The Bertz CT molecular complexity index is 1760. The first kappa shape index (κ1) is 31.1. The van der Waals surface area contributed by atoms with E-state index in [1.165, 1.54) is 7.11 Å². The third kappa shape index (κ3) is 6.29. The highest BCUT2D eigenvalue weighted by Crippen LogP contribution is 2.42. The number of allylic oxidation sites excluding steroid dienone is 1. The van der Waals surface area contributed by atoms with Crippen LogP contribution in [0, 0.1) is 27.7 Å². The number of hydrogen-bond donors (Lipinski definition) is 1. The summed E-state index contributed by atoms with van der Waals surface area (Å²) < 4.78 is 12.9. The molecule has 4 aromatic rings. The van der Waals surface area contributed by atoms with Gasteiger partial charge in [-0.15, -0.1) is 0 Å². The van der Waals surface area contributed by atoms with Gasteiger partial charge in [0.1, 0.15) is 5.75 Å². The Labute approximate surface area is 263 Å². The highest BCUT2D eigenvalue weighted by molar-refractivity contribution is 6.32. The van der Waals surface area contributed by atoms with E-state index in [1.807, 2.05) is 50.7 Å². The van der Waals surface area contributed by atoms with E-state index in [-0.39, 0.29) is 5.91 Å². The van der Waals surface area contributed by atoms with Crippen molar-refractivity contribution in [2.45, 2.75) is 53.5 Å². The molecule has 3 aromatic carbocycles. The van der Waals surface area contributed by atoms with Crippen LogP contribution in [0.2, 0.25) is 5.02 Å². The Morgan fingerprint density at radius 2 is 1.70 bits per heavy atom. The van der Waals surface area contributed by atoms with Gasteiger partial charge >= 0.3 is 5.97 Å². The normalized spacial score (nSPS) is 12.3. The molecule has 0 spiro atoms. The first-order valence-corrected chi connectivity index (χ1v) is 15.2. The Morgan fingerprint density at radius 3 is 2.39 bits per heavy atom. The van der Waals surface area contributed by atoms with Crippen LogP contribution in [0.3, 0.4) is 0 Å². The van der Waals surface area contributed by atoms with Crippen LogP contribution in [-0.2, 0) is 29.5 Å². The van der Waals surface area contributed by atoms with E-state index >= 15 is 0 Å². The van der Waals surface area contributed by atoms with E-state index in [4.69, 9.17) is 21.1 Å². The number of ether oxygens (including phenoxy) is 2. The van der Waals surface area contributed by atoms with Gasteiger partial charge in [0, 0.05) is 41.9 Å². The van der Waals surface area contributed by atoms with Crippen LogP contribution >= 0.6 is 11.6 Å². The van der Waals surface area contributed by atoms with Crippen molar-refractivity contribution in [3.05, 3.63) is 110 Å². The highest BCUT2D eigenvalue weighted by atomic mass is 35.5. The fourth-order valence-electron chi connectivity index (χ4n) is 6.05. The fourth-order valence-corrected chi connectivity index (χ4v) is 6.16. The SMILES string of the molecule is COC(=O)c1cccc(CNC(=O)C2=C(CCCOc3cc(C)c(Cl)c(C)c3)c3cccc(-c4c(C)nn(C)c4C)c3C2)c1. The molecule has 1 N–H and O–H groups in total. The molecule has 1 amide bonds. The largest absolute Gasteiger partial charge is 0.494 e. The summed E-state index contributed by atoms with van der Waals surface area (Å²) in [7, 11) is 3.31. The predicted molar refractivity (Wildman–Crippen MR) is 174 cm³/mol. The van der Waals surface area contributed by atoms with E-state index in [0.717, 1.165) is 78.7 Å². The number of aromatic nitrogens is 2. The van der Waals surface area contributed by atoms with Gasteiger partial charge in [-0.25, -0.2) is 4.79 Å². The number of methoxy groups -OCH3 is 1. The van der Waals surface area contributed by atoms with Crippen LogP contribution in [0.15, 0.2) is 60.2 Å². The van der Waals surface area contributed by atoms with Gasteiger partial charge in [0.15, 0.2) is 0 Å². The zero-order valence-corrected chi connectivity index (χ0v) is 26.9. The number of carbonyl (C=O) groups excluding carboxylic acids is 2. The van der Waals surface area contributed by atoms with Crippen molar-refractivity contribution in [3.8, 4) is 16.9 Å². The lowest BCUT2D eigenvalue weighted by Crippen LogP contribution is -2.25. The number of nitrogens with one attached hydrogen (secondary N) is 1. The number of hydrogen-bond acceptors (Lipinski definition) is 5. The Balaban J connectivity index is 1.40. The first-order chi connectivity index (χ1) is 21.1. The number of benzene rings is 3. The molecule has 228 valence electrons. The standard InChI is InChI=1S/C36H38ClN3O4/c1-21-16-27(17-22(2)34(21)37)44-15-9-14-29-28-12-8-13-30(33-23(3)39-40(5)24(33)4)31(28)19-32(29)35(41)38-20-25-10-7-11-26(18-25)36(42)43-6/h7-8,10-13,16-18H,9,14-15,19-20H2,1-6H3,(H,38,41). The second kappa shape index (κ2) is 13.1. The van der Waals surface area contributed by atoms with Crippen LogP contribution in [0.25, 0.3) is 16.7 Å². The third-order valence-corrected chi connectivity index (χ3v) is 8.92. The maximum Gasteiger partial charge on any atom is 0.337 e. The number of fused-ring (bicyclic) bond motifs is 1. The molecule has 0 fully saturated rings. The number of esters is 1. The lowest BCUT2D eigenvalue weighted by Gasteiger charge is -2.13. The molecule has 1 aromatic heterocycles. The molecule has 0 aliphatic heterocycles. The van der Waals surface area contributed by atoms with E-state index in [2.05, 4.69) is 35.5 Å². The van der Waals surface area contributed by atoms with Gasteiger partial charge in [0.05, 0.1) is 25.0 Å². The smallest absolute Gasteiger partial charge is 0.337 e. The third-order valence-electron chi connectivity index (χ3n) is 8.32. The number of rotatable bonds is 10. The molecule has 5 rings (SSSR count). The summed E-state index contributed by atoms with van der Waals surface area (Å²) in [5.41, 5.74) is 11.6. The summed E-state index contributed by atoms with van der Waals surface area (Å²) in [6.07, 6.45) is 1.95. The summed E-state index contributed by atoms with van der Waals surface area (Å²) in [6.45, 7) is 8.85. The van der Waals surface area contributed by atoms with E-state index in [0.29, 0.717) is 31.6 Å². The second-order valence-electron chi connectivity index (χ2n) is 11.3. The molecule has 0 atom stereocenters. The lowest BCUT2D eigenvalue weighted by atomic mass is 9.93. The van der Waals surface area contributed by atoms with Crippen LogP contribution in [0.5, 0.6) is 5.75 Å². The number of carbonyl (C=O) groups is 2. The molecular weight excluding hydrogens is 574 g/mol. The number of nitrogens with zero attached hydrogens (tertiary/aromatic N) is 2. The highest BCUT2D eigenvalue weighted by Gasteiger charge is 2.29. The summed E-state index contributed by atoms with van der Waals surface area (Å²) in [5, 5.41) is 8.51. The van der Waals surface area contributed by atoms with Crippen LogP contribution < -0.4 is 10.1 Å². The van der Waals surface area contributed by atoms with E-state index in [9.17, 15) is 9.59 Å². The summed E-state index contributed by atoms with van der Waals surface area (Å²) in [5.74, 6) is 0.270. The molecule has 0 radical (unpaired) electrons. The summed E-state index contributed by atoms with van der Waals surface area (Å²) >= 11 is 6.34. The molecule has 8 heteroatoms. The number of aryl methyl sites for hydroxylation is 4. The maximum absolute atomic E-state index is 13.8. The Hall–Kier alpha value is -4.36. The minimum absolute atomic E-state index is 0.116. The van der Waals surface area contributed by atoms with Gasteiger partial charge in [0.2, 0.25) is 5.91 Å². The average molecular weight is 612 g/mol. The van der Waals surface area contributed by atoms with Crippen molar-refractivity contribution >= 4 is 29.1 Å². The lowest BCUT2D eigenvalue weighted by molar-refractivity contribution is -0.117. The molecule has 0 bridgehead atoms. The van der Waals surface area contributed by atoms with Gasteiger partial charge in [-0.05, 0) is 104 Å². The Kier molecular flexibility index (Phi) is 9.25. The molecular formula is C36H38ClN3O4. The second-order valence-corrected chi connectivity index (χ2v) is 11.7. The van der Waals surface area contributed by atoms with E-state index < -0.39 is 5.97 Å². The predicted octanol–water partition coefficient (Wildman–Crippen LogP) is 7.25. The van der Waals surface area contributed by atoms with Gasteiger partial charge in [-0.2, -0.15) is 5.10 Å². The van der Waals surface area contributed by atoms with Crippen LogP contribution in [-0.4, -0.2) is 35.4 Å². The van der Waals surface area contributed by atoms with E-state index in [1.54, 1.807) is 18.2 Å².